The first kappa shape index (κ1) is 17.2. The van der Waals surface area contributed by atoms with Crippen LogP contribution in [0.5, 0.6) is 0 Å². The van der Waals surface area contributed by atoms with E-state index in [1.807, 2.05) is 0 Å². The van der Waals surface area contributed by atoms with Crippen LogP contribution in [0.1, 0.15) is 64.7 Å². The van der Waals surface area contributed by atoms with E-state index in [-0.39, 0.29) is 0 Å². The Morgan fingerprint density at radius 1 is 0.667 bits per heavy atom. The molecule has 1 N–H and O–H groups in total. The third kappa shape index (κ3) is 15.2. The van der Waals surface area contributed by atoms with Crippen molar-refractivity contribution in [2.45, 2.75) is 64.7 Å². The molecular formula is C17H30O. The van der Waals surface area contributed by atoms with Crippen molar-refractivity contribution in [1.82, 2.24) is 0 Å². The summed E-state index contributed by atoms with van der Waals surface area (Å²) < 4.78 is 0. The van der Waals surface area contributed by atoms with Crippen molar-refractivity contribution in [3.8, 4) is 0 Å². The summed E-state index contributed by atoms with van der Waals surface area (Å²) in [7, 11) is 0. The van der Waals surface area contributed by atoms with Crippen LogP contribution in [0.3, 0.4) is 0 Å². The fraction of sp³-hybridized carbons (Fsp3) is 0.647. The van der Waals surface area contributed by atoms with Crippen molar-refractivity contribution in [1.29, 1.82) is 0 Å². The van der Waals surface area contributed by atoms with E-state index in [9.17, 15) is 0 Å². The maximum absolute atomic E-state index is 8.63. The second-order valence-corrected chi connectivity index (χ2v) is 4.60. The number of allylic oxidation sites excluding steroid dienone is 6. The van der Waals surface area contributed by atoms with E-state index >= 15 is 0 Å². The Bertz CT molecular complexity index is 226. The highest BCUT2D eigenvalue weighted by Gasteiger charge is 1.86. The number of aliphatic hydroxyl groups excluding tert-OH is 1. The van der Waals surface area contributed by atoms with Gasteiger partial charge in [-0.1, -0.05) is 62.6 Å². The van der Waals surface area contributed by atoms with E-state index in [0.717, 1.165) is 25.7 Å². The van der Waals surface area contributed by atoms with Gasteiger partial charge < -0.3 is 5.11 Å². The minimum absolute atomic E-state index is 0.341. The van der Waals surface area contributed by atoms with Gasteiger partial charge in [0.1, 0.15) is 0 Å². The second-order valence-electron chi connectivity index (χ2n) is 4.60. The summed E-state index contributed by atoms with van der Waals surface area (Å²) in [6.45, 7) is 2.54. The van der Waals surface area contributed by atoms with Gasteiger partial charge in [-0.15, -0.1) is 0 Å². The van der Waals surface area contributed by atoms with Gasteiger partial charge in [-0.05, 0) is 38.5 Å². The second kappa shape index (κ2) is 16.2. The molecular weight excluding hydrogens is 220 g/mol. The molecule has 0 saturated carbocycles. The van der Waals surface area contributed by atoms with Crippen LogP contribution >= 0.6 is 0 Å². The maximum Gasteiger partial charge on any atom is 0.0431 e. The molecule has 0 rings (SSSR count). The van der Waals surface area contributed by atoms with Crippen molar-refractivity contribution in [3.63, 3.8) is 0 Å². The van der Waals surface area contributed by atoms with Gasteiger partial charge >= 0.3 is 0 Å². The van der Waals surface area contributed by atoms with Crippen LogP contribution in [-0.4, -0.2) is 11.7 Å². The van der Waals surface area contributed by atoms with E-state index in [2.05, 4.69) is 43.4 Å². The number of rotatable bonds is 12. The van der Waals surface area contributed by atoms with Crippen LogP contribution in [0.15, 0.2) is 36.5 Å². The molecule has 0 atom stereocenters. The Balaban J connectivity index is 3.24. The molecule has 1 heteroatoms. The van der Waals surface area contributed by atoms with Gasteiger partial charge in [0.05, 0.1) is 0 Å². The van der Waals surface area contributed by atoms with Gasteiger partial charge in [-0.3, -0.25) is 0 Å². The zero-order chi connectivity index (χ0) is 13.3. The van der Waals surface area contributed by atoms with Crippen molar-refractivity contribution >= 4 is 0 Å². The van der Waals surface area contributed by atoms with Crippen LogP contribution in [-0.2, 0) is 0 Å². The van der Waals surface area contributed by atoms with Crippen molar-refractivity contribution in [3.05, 3.63) is 36.5 Å². The molecule has 0 spiro atoms. The third-order valence-corrected chi connectivity index (χ3v) is 2.78. The molecule has 0 heterocycles. The minimum atomic E-state index is 0.341. The van der Waals surface area contributed by atoms with Gasteiger partial charge in [-0.2, -0.15) is 0 Å². The van der Waals surface area contributed by atoms with Gasteiger partial charge in [0.2, 0.25) is 0 Å². The molecule has 0 fully saturated rings. The summed E-state index contributed by atoms with van der Waals surface area (Å²) in [6, 6.07) is 0. The first-order chi connectivity index (χ1) is 8.91. The van der Waals surface area contributed by atoms with Crippen LogP contribution in [0.2, 0.25) is 0 Å². The van der Waals surface area contributed by atoms with Crippen molar-refractivity contribution in [2.24, 2.45) is 0 Å². The SMILES string of the molecule is CCC/C=C/C/C=C/C/C=C/CCCCCCO. The Morgan fingerprint density at radius 3 is 1.83 bits per heavy atom. The summed E-state index contributed by atoms with van der Waals surface area (Å²) >= 11 is 0. The highest BCUT2D eigenvalue weighted by molar-refractivity contribution is 4.97. The van der Waals surface area contributed by atoms with Crippen molar-refractivity contribution < 1.29 is 5.11 Å². The lowest BCUT2D eigenvalue weighted by Gasteiger charge is -1.95. The van der Waals surface area contributed by atoms with E-state index in [1.54, 1.807) is 0 Å². The zero-order valence-corrected chi connectivity index (χ0v) is 12.0. The fourth-order valence-electron chi connectivity index (χ4n) is 1.67. The van der Waals surface area contributed by atoms with Crippen LogP contribution in [0.25, 0.3) is 0 Å². The summed E-state index contributed by atoms with van der Waals surface area (Å²) in [5.41, 5.74) is 0. The molecule has 18 heavy (non-hydrogen) atoms. The number of aliphatic hydroxyl groups is 1. The number of unbranched alkanes of at least 4 members (excludes halogenated alkanes) is 5. The van der Waals surface area contributed by atoms with E-state index in [1.165, 1.54) is 32.1 Å². The molecule has 0 saturated heterocycles. The smallest absolute Gasteiger partial charge is 0.0431 e. The Labute approximate surface area is 113 Å². The summed E-state index contributed by atoms with van der Waals surface area (Å²) in [5, 5.41) is 8.63. The standard InChI is InChI=1S/C17H30O/c1-2-3-4-5-6-7-8-9-10-11-12-13-14-15-16-17-18/h4-5,7-8,10-11,18H,2-3,6,9,12-17H2,1H3/b5-4+,8-7+,11-10+. The molecule has 0 bridgehead atoms. The summed E-state index contributed by atoms with van der Waals surface area (Å²) in [6.07, 6.45) is 23.8. The predicted octanol–water partition coefficient (Wildman–Crippen LogP) is 5.18. The van der Waals surface area contributed by atoms with Crippen LogP contribution in [0.4, 0.5) is 0 Å². The predicted molar refractivity (Wildman–Crippen MR) is 81.7 cm³/mol. The Kier molecular flexibility index (Phi) is 15.4. The molecule has 0 aromatic rings. The monoisotopic (exact) mass is 250 g/mol. The lowest BCUT2D eigenvalue weighted by Crippen LogP contribution is -1.82. The van der Waals surface area contributed by atoms with E-state index in [0.29, 0.717) is 6.61 Å². The molecule has 0 aliphatic carbocycles. The molecule has 0 unspecified atom stereocenters. The highest BCUT2D eigenvalue weighted by Crippen LogP contribution is 2.03. The normalized spacial score (nSPS) is 12.3. The van der Waals surface area contributed by atoms with E-state index in [4.69, 9.17) is 5.11 Å². The first-order valence-corrected chi connectivity index (χ1v) is 7.47. The maximum atomic E-state index is 8.63. The average molecular weight is 250 g/mol. The lowest BCUT2D eigenvalue weighted by molar-refractivity contribution is 0.282. The highest BCUT2D eigenvalue weighted by atomic mass is 16.2. The van der Waals surface area contributed by atoms with Gasteiger partial charge in [0.25, 0.3) is 0 Å². The number of hydrogen-bond donors (Lipinski definition) is 1. The van der Waals surface area contributed by atoms with Crippen LogP contribution in [0, 0.1) is 0 Å². The summed E-state index contributed by atoms with van der Waals surface area (Å²) in [4.78, 5) is 0. The van der Waals surface area contributed by atoms with Gasteiger partial charge in [-0.25, -0.2) is 0 Å². The zero-order valence-electron chi connectivity index (χ0n) is 12.0. The molecule has 0 aromatic carbocycles. The quantitative estimate of drug-likeness (QED) is 0.374. The molecule has 1 nitrogen and oxygen atoms in total. The topological polar surface area (TPSA) is 20.2 Å². The minimum Gasteiger partial charge on any atom is -0.396 e. The van der Waals surface area contributed by atoms with Crippen LogP contribution < -0.4 is 0 Å². The molecule has 0 radical (unpaired) electrons. The van der Waals surface area contributed by atoms with E-state index < -0.39 is 0 Å². The largest absolute Gasteiger partial charge is 0.396 e. The Hall–Kier alpha value is -0.820. The summed E-state index contributed by atoms with van der Waals surface area (Å²) in [5.74, 6) is 0. The lowest BCUT2D eigenvalue weighted by atomic mass is 10.1. The van der Waals surface area contributed by atoms with Gasteiger partial charge in [0.15, 0.2) is 0 Å². The number of hydrogen-bond acceptors (Lipinski definition) is 1. The molecule has 0 aliphatic rings. The molecule has 0 amide bonds. The third-order valence-electron chi connectivity index (χ3n) is 2.78. The fourth-order valence-corrected chi connectivity index (χ4v) is 1.67. The molecule has 104 valence electrons. The molecule has 0 aliphatic heterocycles. The average Bonchev–Trinajstić information content (AvgIpc) is 2.39. The van der Waals surface area contributed by atoms with Crippen molar-refractivity contribution in [2.75, 3.05) is 6.61 Å². The van der Waals surface area contributed by atoms with Gasteiger partial charge in [0, 0.05) is 6.61 Å². The Morgan fingerprint density at radius 2 is 1.22 bits per heavy atom. The molecule has 0 aromatic heterocycles. The first-order valence-electron chi connectivity index (χ1n) is 7.47.